The molecule has 0 amide bonds. The van der Waals surface area contributed by atoms with Gasteiger partial charge in [-0.3, -0.25) is 0 Å². The first kappa shape index (κ1) is 5.92. The molecule has 0 aliphatic carbocycles. The molecule has 0 unspecified atom stereocenters. The van der Waals surface area contributed by atoms with Crippen LogP contribution in [0.3, 0.4) is 0 Å². The number of hydrogen-bond donors (Lipinski definition) is 2. The molecule has 2 nitrogen and oxygen atoms in total. The molecule has 2 N–H and O–H groups in total. The average Bonchev–Trinajstić information content (AvgIpc) is 1.61. The Bertz CT molecular complexity index is 19.5. The number of nitrogens with one attached hydrogen (secondary N) is 1. The summed E-state index contributed by atoms with van der Waals surface area (Å²) < 4.78 is 0. The van der Waals surface area contributed by atoms with Crippen molar-refractivity contribution >= 4 is 0 Å². The third-order valence-electron chi connectivity index (χ3n) is 0.539. The van der Waals surface area contributed by atoms with Gasteiger partial charge < -0.3 is 10.4 Å². The van der Waals surface area contributed by atoms with E-state index in [1.165, 1.54) is 0 Å². The Kier molecular flexibility index (Phi) is 4.85. The van der Waals surface area contributed by atoms with E-state index < -0.39 is 0 Å². The van der Waals surface area contributed by atoms with Gasteiger partial charge in [-0.25, -0.2) is 0 Å². The highest BCUT2D eigenvalue weighted by atomic mass is 16.3. The fourth-order valence-corrected chi connectivity index (χ4v) is 0.256. The molecule has 6 heavy (non-hydrogen) atoms. The SMILES string of the molecule is CCN[13CH2][13CH2]O. The van der Waals surface area contributed by atoms with E-state index in [0.717, 1.165) is 13.1 Å². The van der Waals surface area contributed by atoms with Crippen LogP contribution >= 0.6 is 0 Å². The lowest BCUT2D eigenvalue weighted by atomic mass is 10.8. The molecule has 0 bridgehead atoms. The second-order valence-electron chi connectivity index (χ2n) is 1.08. The van der Waals surface area contributed by atoms with Crippen LogP contribution in [-0.4, -0.2) is 24.8 Å². The first-order chi connectivity index (χ1) is 2.91. The van der Waals surface area contributed by atoms with Crippen molar-refractivity contribution in [1.29, 1.82) is 0 Å². The number of rotatable bonds is 3. The zero-order chi connectivity index (χ0) is 4.83. The Hall–Kier alpha value is -0.0800. The van der Waals surface area contributed by atoms with Crippen LogP contribution in [0.15, 0.2) is 0 Å². The van der Waals surface area contributed by atoms with Crippen molar-refractivity contribution in [2.45, 2.75) is 6.92 Å². The fourth-order valence-electron chi connectivity index (χ4n) is 0.256. The Morgan fingerprint density at radius 2 is 2.33 bits per heavy atom. The molecule has 38 valence electrons. The number of likely N-dealkylation sites (N-methyl/N-ethyl adjacent to an activating group) is 1. The third-order valence-corrected chi connectivity index (χ3v) is 0.539. The average molecular weight is 91.1 g/mol. The molecular formula is C4H11NO. The quantitative estimate of drug-likeness (QED) is 0.365. The zero-order valence-corrected chi connectivity index (χ0v) is 4.07. The monoisotopic (exact) mass is 91.1 g/mol. The molecule has 0 saturated heterocycles. The molecule has 0 saturated carbocycles. The topological polar surface area (TPSA) is 32.3 Å². The molecule has 0 aromatic carbocycles. The van der Waals surface area contributed by atoms with E-state index in [0.29, 0.717) is 0 Å². The molecule has 2 heteroatoms. The smallest absolute Gasteiger partial charge is 0.0555 e. The van der Waals surface area contributed by atoms with E-state index in [1.807, 2.05) is 6.92 Å². The van der Waals surface area contributed by atoms with Gasteiger partial charge in [-0.2, -0.15) is 0 Å². The van der Waals surface area contributed by atoms with Gasteiger partial charge in [-0.05, 0) is 6.54 Å². The zero-order valence-electron chi connectivity index (χ0n) is 4.07. The summed E-state index contributed by atoms with van der Waals surface area (Å²) in [5.74, 6) is 0. The van der Waals surface area contributed by atoms with E-state index in [1.54, 1.807) is 0 Å². The standard InChI is InChI=1S/C4H11NO/c1-2-5-3-4-6/h5-6H,2-4H2,1H3/i3+1,4+1. The van der Waals surface area contributed by atoms with Gasteiger partial charge in [0.15, 0.2) is 0 Å². The summed E-state index contributed by atoms with van der Waals surface area (Å²) in [6, 6.07) is 0. The summed E-state index contributed by atoms with van der Waals surface area (Å²) in [5.41, 5.74) is 0. The van der Waals surface area contributed by atoms with Crippen molar-refractivity contribution in [1.82, 2.24) is 5.32 Å². The van der Waals surface area contributed by atoms with Crippen LogP contribution in [-0.2, 0) is 0 Å². The Labute approximate surface area is 38.2 Å². The minimum atomic E-state index is 0.244. The van der Waals surface area contributed by atoms with Crippen molar-refractivity contribution in [3.63, 3.8) is 0 Å². The molecule has 0 atom stereocenters. The lowest BCUT2D eigenvalue weighted by molar-refractivity contribution is 0.293. The minimum absolute atomic E-state index is 0.244. The second kappa shape index (κ2) is 4.92. The molecule has 0 aliphatic rings. The van der Waals surface area contributed by atoms with E-state index in [9.17, 15) is 0 Å². The largest absolute Gasteiger partial charge is 0.395 e. The summed E-state index contributed by atoms with van der Waals surface area (Å²) in [6.07, 6.45) is 0. The first-order valence-corrected chi connectivity index (χ1v) is 2.23. The van der Waals surface area contributed by atoms with Gasteiger partial charge in [0.1, 0.15) is 0 Å². The maximum absolute atomic E-state index is 8.13. The van der Waals surface area contributed by atoms with Gasteiger partial charge in [0.2, 0.25) is 0 Å². The molecule has 0 heterocycles. The van der Waals surface area contributed by atoms with Gasteiger partial charge in [0.25, 0.3) is 0 Å². The van der Waals surface area contributed by atoms with Crippen molar-refractivity contribution in [3.05, 3.63) is 0 Å². The molecule has 0 radical (unpaired) electrons. The van der Waals surface area contributed by atoms with E-state index >= 15 is 0 Å². The van der Waals surface area contributed by atoms with Crippen molar-refractivity contribution < 1.29 is 5.11 Å². The van der Waals surface area contributed by atoms with Gasteiger partial charge in [0.05, 0.1) is 6.61 Å². The van der Waals surface area contributed by atoms with Crippen molar-refractivity contribution in [2.75, 3.05) is 19.7 Å². The highest BCUT2D eigenvalue weighted by Crippen LogP contribution is 1.51. The second-order valence-corrected chi connectivity index (χ2v) is 1.08. The highest BCUT2D eigenvalue weighted by molar-refractivity contribution is 4.35. The highest BCUT2D eigenvalue weighted by Gasteiger charge is 1.72. The first-order valence-electron chi connectivity index (χ1n) is 2.23. The molecule has 0 aliphatic heterocycles. The lowest BCUT2D eigenvalue weighted by Crippen LogP contribution is -2.16. The van der Waals surface area contributed by atoms with Crippen LogP contribution < -0.4 is 5.32 Å². The Morgan fingerprint density at radius 3 is 2.50 bits per heavy atom. The fraction of sp³-hybridized carbons (Fsp3) is 1.00. The summed E-state index contributed by atoms with van der Waals surface area (Å²) >= 11 is 0. The van der Waals surface area contributed by atoms with Gasteiger partial charge in [-0.1, -0.05) is 6.92 Å². The summed E-state index contributed by atoms with van der Waals surface area (Å²) in [6.45, 7) is 3.92. The number of aliphatic hydroxyl groups excluding tert-OH is 1. The van der Waals surface area contributed by atoms with Gasteiger partial charge in [0, 0.05) is 6.54 Å². The molecule has 0 aromatic rings. The normalized spacial score (nSPS) is 9.00. The van der Waals surface area contributed by atoms with Crippen molar-refractivity contribution in [3.8, 4) is 0 Å². The summed E-state index contributed by atoms with van der Waals surface area (Å²) in [7, 11) is 0. The van der Waals surface area contributed by atoms with Crippen molar-refractivity contribution in [2.24, 2.45) is 0 Å². The maximum atomic E-state index is 8.13. The van der Waals surface area contributed by atoms with Crippen LogP contribution in [0.1, 0.15) is 6.92 Å². The van der Waals surface area contributed by atoms with Gasteiger partial charge >= 0.3 is 0 Å². The van der Waals surface area contributed by atoms with Crippen LogP contribution in [0.25, 0.3) is 0 Å². The number of aliphatic hydroxyl groups is 1. The third kappa shape index (κ3) is 3.92. The number of hydrogen-bond acceptors (Lipinski definition) is 2. The predicted octanol–water partition coefficient (Wildman–Crippen LogP) is -0.412. The van der Waals surface area contributed by atoms with Gasteiger partial charge in [-0.15, -0.1) is 0 Å². The van der Waals surface area contributed by atoms with Crippen LogP contribution in [0.2, 0.25) is 0 Å². The van der Waals surface area contributed by atoms with E-state index in [2.05, 4.69) is 5.32 Å². The van der Waals surface area contributed by atoms with Crippen LogP contribution in [0.5, 0.6) is 0 Å². The van der Waals surface area contributed by atoms with Crippen LogP contribution in [0, 0.1) is 0 Å². The van der Waals surface area contributed by atoms with E-state index in [4.69, 9.17) is 5.11 Å². The Morgan fingerprint density at radius 1 is 1.67 bits per heavy atom. The molecular weight excluding hydrogens is 80.0 g/mol. The summed E-state index contributed by atoms with van der Waals surface area (Å²) in [5, 5.41) is 11.1. The van der Waals surface area contributed by atoms with Crippen LogP contribution in [0.4, 0.5) is 0 Å². The molecule has 0 rings (SSSR count). The summed E-state index contributed by atoms with van der Waals surface area (Å²) in [4.78, 5) is 0. The lowest BCUT2D eigenvalue weighted by Gasteiger charge is -1.91. The predicted molar refractivity (Wildman–Crippen MR) is 25.6 cm³/mol. The molecule has 0 fully saturated rings. The molecule has 0 spiro atoms. The minimum Gasteiger partial charge on any atom is -0.395 e. The Balaban J connectivity index is 2.34. The van der Waals surface area contributed by atoms with E-state index in [-0.39, 0.29) is 6.61 Å². The maximum Gasteiger partial charge on any atom is 0.0555 e. The molecule has 0 aromatic heterocycles.